The zero-order valence-corrected chi connectivity index (χ0v) is 20.0. The molecule has 1 fully saturated rings. The molecule has 0 bridgehead atoms. The predicted octanol–water partition coefficient (Wildman–Crippen LogP) is 3.30. The van der Waals surface area contributed by atoms with Crippen molar-refractivity contribution in [1.29, 1.82) is 0 Å². The molecule has 0 saturated carbocycles. The van der Waals surface area contributed by atoms with Crippen molar-refractivity contribution in [1.82, 2.24) is 4.31 Å². The Morgan fingerprint density at radius 1 is 1.00 bits per heavy atom. The number of ether oxygens (including phenoxy) is 4. The Morgan fingerprint density at radius 2 is 1.74 bits per heavy atom. The van der Waals surface area contributed by atoms with Gasteiger partial charge in [0.1, 0.15) is 23.9 Å². The molecule has 0 radical (unpaired) electrons. The molecule has 2 heterocycles. The molecule has 34 heavy (non-hydrogen) atoms. The Labute approximate surface area is 199 Å². The van der Waals surface area contributed by atoms with Crippen molar-refractivity contribution in [3.8, 4) is 23.0 Å². The van der Waals surface area contributed by atoms with Crippen molar-refractivity contribution < 1.29 is 32.2 Å². The molecule has 10 heteroatoms. The van der Waals surface area contributed by atoms with Crippen molar-refractivity contribution in [2.45, 2.75) is 24.2 Å². The quantitative estimate of drug-likeness (QED) is 0.597. The zero-order chi connectivity index (χ0) is 24.1. The van der Waals surface area contributed by atoms with Gasteiger partial charge in [-0.2, -0.15) is 4.31 Å². The van der Waals surface area contributed by atoms with Crippen LogP contribution in [0.3, 0.4) is 0 Å². The number of fused-ring (bicyclic) bond motifs is 1. The lowest BCUT2D eigenvalue weighted by Gasteiger charge is -2.26. The number of amides is 1. The maximum absolute atomic E-state index is 13.2. The summed E-state index contributed by atoms with van der Waals surface area (Å²) in [6, 6.07) is 8.09. The number of nitrogens with one attached hydrogen (secondary N) is 1. The van der Waals surface area contributed by atoms with E-state index < -0.39 is 15.9 Å². The van der Waals surface area contributed by atoms with Crippen LogP contribution in [-0.4, -0.2) is 59.2 Å². The normalized spacial score (nSPS) is 16.3. The number of sulfonamides is 1. The van der Waals surface area contributed by atoms with Gasteiger partial charge in [-0.3, -0.25) is 4.79 Å². The molecule has 0 aromatic heterocycles. The van der Waals surface area contributed by atoms with Crippen molar-refractivity contribution in [2.75, 3.05) is 45.8 Å². The molecular formula is C24H28N2O7S. The number of carbonyl (C=O) groups is 1. The third kappa shape index (κ3) is 5.13. The van der Waals surface area contributed by atoms with Crippen molar-refractivity contribution in [3.05, 3.63) is 42.0 Å². The minimum Gasteiger partial charge on any atom is -0.495 e. The lowest BCUT2D eigenvalue weighted by molar-refractivity contribution is -0.111. The van der Waals surface area contributed by atoms with Gasteiger partial charge >= 0.3 is 0 Å². The highest BCUT2D eigenvalue weighted by molar-refractivity contribution is 7.89. The maximum Gasteiger partial charge on any atom is 0.248 e. The second kappa shape index (κ2) is 10.4. The van der Waals surface area contributed by atoms with Crippen LogP contribution in [0.25, 0.3) is 6.08 Å². The molecule has 2 aliphatic rings. The largest absolute Gasteiger partial charge is 0.495 e. The first-order chi connectivity index (χ1) is 16.4. The highest BCUT2D eigenvalue weighted by atomic mass is 32.2. The summed E-state index contributed by atoms with van der Waals surface area (Å²) in [6.07, 6.45) is 5.64. The fourth-order valence-corrected chi connectivity index (χ4v) is 5.64. The van der Waals surface area contributed by atoms with Crippen LogP contribution in [0.15, 0.2) is 41.3 Å². The van der Waals surface area contributed by atoms with Gasteiger partial charge in [-0.05, 0) is 54.8 Å². The monoisotopic (exact) mass is 488 g/mol. The fraction of sp³-hybridized carbons (Fsp3) is 0.375. The molecule has 2 aromatic carbocycles. The van der Waals surface area contributed by atoms with E-state index in [1.807, 2.05) is 0 Å². The predicted molar refractivity (Wildman–Crippen MR) is 127 cm³/mol. The van der Waals surface area contributed by atoms with E-state index in [-0.39, 0.29) is 10.6 Å². The highest BCUT2D eigenvalue weighted by Gasteiger charge is 2.29. The number of benzene rings is 2. The number of nitrogens with zero attached hydrogens (tertiary/aromatic N) is 1. The highest BCUT2D eigenvalue weighted by Crippen LogP contribution is 2.40. The summed E-state index contributed by atoms with van der Waals surface area (Å²) < 4.78 is 49.7. The molecule has 2 aromatic rings. The Kier molecular flexibility index (Phi) is 7.28. The number of rotatable bonds is 7. The van der Waals surface area contributed by atoms with Crippen LogP contribution < -0.4 is 24.3 Å². The molecule has 182 valence electrons. The van der Waals surface area contributed by atoms with E-state index in [1.54, 1.807) is 30.3 Å². The summed E-state index contributed by atoms with van der Waals surface area (Å²) in [5, 5.41) is 2.72. The summed E-state index contributed by atoms with van der Waals surface area (Å²) in [4.78, 5) is 12.6. The first-order valence-electron chi connectivity index (χ1n) is 11.1. The van der Waals surface area contributed by atoms with Crippen LogP contribution in [0.4, 0.5) is 5.69 Å². The molecule has 9 nitrogen and oxygen atoms in total. The van der Waals surface area contributed by atoms with E-state index in [4.69, 9.17) is 18.9 Å². The van der Waals surface area contributed by atoms with Gasteiger partial charge in [0.15, 0.2) is 11.5 Å². The minimum absolute atomic E-state index is 0.0373. The number of hydrogen-bond donors (Lipinski definition) is 1. The van der Waals surface area contributed by atoms with Gasteiger partial charge in [-0.25, -0.2) is 8.42 Å². The van der Waals surface area contributed by atoms with Crippen LogP contribution in [0.2, 0.25) is 0 Å². The smallest absolute Gasteiger partial charge is 0.248 e. The number of anilines is 1. The molecule has 4 rings (SSSR count). The molecule has 1 amide bonds. The maximum atomic E-state index is 13.2. The Bertz CT molecular complexity index is 1170. The Balaban J connectivity index is 1.52. The number of methoxy groups -OCH3 is 2. The fourth-order valence-electron chi connectivity index (χ4n) is 3.95. The second-order valence-corrected chi connectivity index (χ2v) is 9.81. The van der Waals surface area contributed by atoms with Crippen LogP contribution in [-0.2, 0) is 14.8 Å². The van der Waals surface area contributed by atoms with Crippen molar-refractivity contribution >= 4 is 27.7 Å². The molecule has 0 atom stereocenters. The van der Waals surface area contributed by atoms with Gasteiger partial charge in [0, 0.05) is 24.9 Å². The molecule has 0 spiro atoms. The van der Waals surface area contributed by atoms with E-state index in [0.717, 1.165) is 19.3 Å². The van der Waals surface area contributed by atoms with Gasteiger partial charge in [0.25, 0.3) is 0 Å². The summed E-state index contributed by atoms with van der Waals surface area (Å²) >= 11 is 0. The van der Waals surface area contributed by atoms with E-state index in [9.17, 15) is 13.2 Å². The number of piperidine rings is 1. The van der Waals surface area contributed by atoms with Gasteiger partial charge in [0.05, 0.1) is 14.2 Å². The standard InChI is InChI=1S/C24H28N2O7S/c1-30-19-8-7-18(16-22(19)34(28,29)26-10-4-3-5-11-26)25-23(27)9-6-17-14-20(31-2)24-21(15-17)32-12-13-33-24/h6-9,14-16H,3-5,10-13H2,1-2H3,(H,25,27)/b9-6+. The SMILES string of the molecule is COc1ccc(NC(=O)/C=C/c2cc(OC)c3c(c2)OCCO3)cc1S(=O)(=O)N1CCCCC1. The van der Waals surface area contributed by atoms with Gasteiger partial charge in [-0.15, -0.1) is 0 Å². The van der Waals surface area contributed by atoms with E-state index >= 15 is 0 Å². The summed E-state index contributed by atoms with van der Waals surface area (Å²) in [6.45, 7) is 1.83. The first-order valence-corrected chi connectivity index (χ1v) is 12.5. The minimum atomic E-state index is -3.74. The van der Waals surface area contributed by atoms with Crippen LogP contribution >= 0.6 is 0 Å². The van der Waals surface area contributed by atoms with Crippen LogP contribution in [0.5, 0.6) is 23.0 Å². The molecule has 0 aliphatic carbocycles. The third-order valence-electron chi connectivity index (χ3n) is 5.64. The van der Waals surface area contributed by atoms with E-state index in [2.05, 4.69) is 5.32 Å². The van der Waals surface area contributed by atoms with E-state index in [1.165, 1.54) is 30.7 Å². The average molecular weight is 489 g/mol. The topological polar surface area (TPSA) is 103 Å². The lowest BCUT2D eigenvalue weighted by Crippen LogP contribution is -2.35. The van der Waals surface area contributed by atoms with Crippen LogP contribution in [0.1, 0.15) is 24.8 Å². The van der Waals surface area contributed by atoms with Crippen LogP contribution in [0, 0.1) is 0 Å². The third-order valence-corrected chi connectivity index (χ3v) is 7.56. The molecule has 1 saturated heterocycles. The Hall–Kier alpha value is -3.24. The first kappa shape index (κ1) is 23.9. The zero-order valence-electron chi connectivity index (χ0n) is 19.2. The van der Waals surface area contributed by atoms with Crippen molar-refractivity contribution in [2.24, 2.45) is 0 Å². The lowest BCUT2D eigenvalue weighted by atomic mass is 10.1. The van der Waals surface area contributed by atoms with Crippen molar-refractivity contribution in [3.63, 3.8) is 0 Å². The number of carbonyl (C=O) groups excluding carboxylic acids is 1. The second-order valence-electron chi connectivity index (χ2n) is 7.90. The van der Waals surface area contributed by atoms with Gasteiger partial charge in [0.2, 0.25) is 21.7 Å². The summed E-state index contributed by atoms with van der Waals surface area (Å²) in [5.74, 6) is 1.42. The van der Waals surface area contributed by atoms with E-state index in [0.29, 0.717) is 54.8 Å². The molecule has 0 unspecified atom stereocenters. The molecule has 2 aliphatic heterocycles. The summed E-state index contributed by atoms with van der Waals surface area (Å²) in [7, 11) is -0.777. The molecular weight excluding hydrogens is 460 g/mol. The number of hydrogen-bond acceptors (Lipinski definition) is 7. The Morgan fingerprint density at radius 3 is 2.47 bits per heavy atom. The van der Waals surface area contributed by atoms with Gasteiger partial charge in [-0.1, -0.05) is 6.42 Å². The molecule has 1 N–H and O–H groups in total. The average Bonchev–Trinajstić information content (AvgIpc) is 2.87. The summed E-state index contributed by atoms with van der Waals surface area (Å²) in [5.41, 5.74) is 1.05. The van der Waals surface area contributed by atoms with Gasteiger partial charge < -0.3 is 24.3 Å².